The van der Waals surface area contributed by atoms with E-state index in [-0.39, 0.29) is 30.1 Å². The molecule has 2 aromatic rings. The number of halogens is 1. The summed E-state index contributed by atoms with van der Waals surface area (Å²) in [4.78, 5) is 43.3. The number of ether oxygens (including phenoxy) is 2. The SMILES string of the molecule is CCCCN1C(=O)[C@@H]([C@H](O)C=C2CCOCC2)NC(=O)C12CCN(Cc1ccc(Oc3ccc(C(=O)NC)cc3)cc1)CC2.Cl. The van der Waals surface area contributed by atoms with E-state index in [2.05, 4.69) is 22.5 Å². The highest BCUT2D eigenvalue weighted by molar-refractivity contribution is 6.00. The monoisotopic (exact) mass is 640 g/mol. The molecule has 3 aliphatic heterocycles. The van der Waals surface area contributed by atoms with E-state index in [4.69, 9.17) is 9.47 Å². The molecule has 3 saturated heterocycles. The number of piperazine rings is 1. The second kappa shape index (κ2) is 15.7. The minimum absolute atomic E-state index is 0. The number of likely N-dealkylation sites (tertiary alicyclic amines) is 1. The van der Waals surface area contributed by atoms with Crippen molar-refractivity contribution in [2.75, 3.05) is 39.9 Å². The van der Waals surface area contributed by atoms with E-state index in [9.17, 15) is 19.5 Å². The van der Waals surface area contributed by atoms with Crippen molar-refractivity contribution in [3.8, 4) is 11.5 Å². The van der Waals surface area contributed by atoms with Crippen molar-refractivity contribution in [2.45, 2.75) is 69.7 Å². The van der Waals surface area contributed by atoms with Crippen LogP contribution in [0, 0.1) is 0 Å². The highest BCUT2D eigenvalue weighted by Gasteiger charge is 2.54. The second-order valence-corrected chi connectivity index (χ2v) is 11.9. The van der Waals surface area contributed by atoms with Crippen LogP contribution in [0.5, 0.6) is 11.5 Å². The number of rotatable bonds is 10. The summed E-state index contributed by atoms with van der Waals surface area (Å²) in [7, 11) is 1.60. The number of carbonyl (C=O) groups excluding carboxylic acids is 3. The molecule has 0 radical (unpaired) electrons. The molecule has 0 saturated carbocycles. The Labute approximate surface area is 271 Å². The molecule has 3 fully saturated rings. The minimum atomic E-state index is -1.06. The molecule has 2 aromatic carbocycles. The quantitative estimate of drug-likeness (QED) is 0.338. The Morgan fingerprint density at radius 3 is 2.31 bits per heavy atom. The van der Waals surface area contributed by atoms with E-state index in [1.165, 1.54) is 0 Å². The van der Waals surface area contributed by atoms with Gasteiger partial charge in [0, 0.05) is 38.8 Å². The van der Waals surface area contributed by atoms with Gasteiger partial charge in [-0.15, -0.1) is 12.4 Å². The van der Waals surface area contributed by atoms with Gasteiger partial charge in [-0.25, -0.2) is 0 Å². The summed E-state index contributed by atoms with van der Waals surface area (Å²) in [5, 5.41) is 16.5. The molecule has 45 heavy (non-hydrogen) atoms. The minimum Gasteiger partial charge on any atom is -0.457 e. The van der Waals surface area contributed by atoms with E-state index in [0.717, 1.165) is 43.4 Å². The number of nitrogens with zero attached hydrogens (tertiary/aromatic N) is 2. The van der Waals surface area contributed by atoms with Crippen molar-refractivity contribution >= 4 is 30.1 Å². The molecule has 3 amide bonds. The van der Waals surface area contributed by atoms with Gasteiger partial charge in [0.1, 0.15) is 29.2 Å². The lowest BCUT2D eigenvalue weighted by atomic mass is 9.80. The van der Waals surface area contributed by atoms with E-state index in [0.29, 0.717) is 62.8 Å². The van der Waals surface area contributed by atoms with Crippen molar-refractivity contribution in [2.24, 2.45) is 0 Å². The first kappa shape index (κ1) is 34.4. The maximum atomic E-state index is 13.8. The Morgan fingerprint density at radius 2 is 1.71 bits per heavy atom. The largest absolute Gasteiger partial charge is 0.457 e. The summed E-state index contributed by atoms with van der Waals surface area (Å²) in [6.45, 7) is 5.88. The van der Waals surface area contributed by atoms with Crippen LogP contribution in [0.2, 0.25) is 0 Å². The van der Waals surface area contributed by atoms with Gasteiger partial charge in [-0.3, -0.25) is 19.3 Å². The zero-order valence-electron chi connectivity index (χ0n) is 26.1. The van der Waals surface area contributed by atoms with Gasteiger partial charge in [-0.05, 0) is 74.1 Å². The molecule has 0 aliphatic carbocycles. The van der Waals surface area contributed by atoms with Crippen LogP contribution in [0.4, 0.5) is 0 Å². The molecular formula is C34H45ClN4O6. The molecule has 0 unspecified atom stereocenters. The lowest BCUT2D eigenvalue weighted by molar-refractivity contribution is -0.163. The molecule has 3 heterocycles. The Kier molecular flexibility index (Phi) is 12.0. The number of hydrogen-bond acceptors (Lipinski definition) is 7. The lowest BCUT2D eigenvalue weighted by Gasteiger charge is -2.52. The fourth-order valence-corrected chi connectivity index (χ4v) is 6.30. The van der Waals surface area contributed by atoms with Gasteiger partial charge in [-0.2, -0.15) is 0 Å². The predicted molar refractivity (Wildman–Crippen MR) is 174 cm³/mol. The fourth-order valence-electron chi connectivity index (χ4n) is 6.30. The van der Waals surface area contributed by atoms with E-state index in [1.807, 2.05) is 24.3 Å². The van der Waals surface area contributed by atoms with Gasteiger partial charge >= 0.3 is 0 Å². The van der Waals surface area contributed by atoms with Crippen molar-refractivity contribution < 1.29 is 29.0 Å². The molecule has 1 spiro atoms. The molecule has 0 bridgehead atoms. The van der Waals surface area contributed by atoms with Crippen LogP contribution >= 0.6 is 12.4 Å². The van der Waals surface area contributed by atoms with Gasteiger partial charge in [0.05, 0.1) is 13.2 Å². The number of aliphatic hydroxyl groups is 1. The van der Waals surface area contributed by atoms with Crippen LogP contribution in [0.3, 0.4) is 0 Å². The summed E-state index contributed by atoms with van der Waals surface area (Å²) in [6.07, 6.45) is 4.94. The zero-order chi connectivity index (χ0) is 31.1. The third kappa shape index (κ3) is 8.05. The third-order valence-electron chi connectivity index (χ3n) is 8.97. The summed E-state index contributed by atoms with van der Waals surface area (Å²) >= 11 is 0. The Hall–Kier alpha value is -3.44. The number of aliphatic hydroxyl groups excluding tert-OH is 1. The predicted octanol–water partition coefficient (Wildman–Crippen LogP) is 3.82. The van der Waals surface area contributed by atoms with Gasteiger partial charge in [0.2, 0.25) is 11.8 Å². The number of benzene rings is 2. The van der Waals surface area contributed by atoms with Crippen LogP contribution in [-0.2, 0) is 20.9 Å². The summed E-state index contributed by atoms with van der Waals surface area (Å²) in [6, 6.07) is 13.9. The number of unbranched alkanes of at least 4 members (excludes halogenated alkanes) is 1. The standard InChI is InChI=1S/C34H44N4O6.ClH/c1-3-4-17-38-32(41)30(29(39)22-24-13-20-43-21-14-24)36-33(42)34(38)15-18-37(19-16-34)23-25-5-9-27(10-6-25)44-28-11-7-26(8-12-28)31(40)35-2;/h5-12,22,29-30,39H,3-4,13-21,23H2,1-2H3,(H,35,40)(H,36,42);1H/t29-,30-;/m1./s1. The maximum Gasteiger partial charge on any atom is 0.251 e. The van der Waals surface area contributed by atoms with Crippen molar-refractivity contribution in [1.82, 2.24) is 20.4 Å². The maximum absolute atomic E-state index is 13.8. The third-order valence-corrected chi connectivity index (χ3v) is 8.97. The number of nitrogens with one attached hydrogen (secondary N) is 2. The number of hydrogen-bond donors (Lipinski definition) is 3. The van der Waals surface area contributed by atoms with Crippen LogP contribution in [0.15, 0.2) is 60.2 Å². The van der Waals surface area contributed by atoms with Gasteiger partial charge in [0.15, 0.2) is 0 Å². The summed E-state index contributed by atoms with van der Waals surface area (Å²) in [5.41, 5.74) is 1.87. The van der Waals surface area contributed by atoms with Gasteiger partial charge in [-0.1, -0.05) is 37.1 Å². The average molecular weight is 641 g/mol. The Balaban J connectivity index is 0.00000461. The second-order valence-electron chi connectivity index (χ2n) is 11.9. The smallest absolute Gasteiger partial charge is 0.251 e. The topological polar surface area (TPSA) is 120 Å². The van der Waals surface area contributed by atoms with Crippen LogP contribution in [0.1, 0.15) is 61.4 Å². The molecule has 5 rings (SSSR count). The summed E-state index contributed by atoms with van der Waals surface area (Å²) < 4.78 is 11.3. The van der Waals surface area contributed by atoms with Crippen molar-refractivity contribution in [3.63, 3.8) is 0 Å². The molecule has 2 atom stereocenters. The Morgan fingerprint density at radius 1 is 1.09 bits per heavy atom. The lowest BCUT2D eigenvalue weighted by Crippen LogP contribution is -2.74. The molecule has 0 aromatic heterocycles. The highest BCUT2D eigenvalue weighted by atomic mass is 35.5. The molecule has 3 aliphatic rings. The Bertz CT molecular complexity index is 1330. The first-order valence-electron chi connectivity index (χ1n) is 15.7. The average Bonchev–Trinajstić information content (AvgIpc) is 3.05. The highest BCUT2D eigenvalue weighted by Crippen LogP contribution is 2.35. The van der Waals surface area contributed by atoms with E-state index < -0.39 is 17.7 Å². The number of piperidine rings is 1. The van der Waals surface area contributed by atoms with Crippen LogP contribution in [0.25, 0.3) is 0 Å². The molecular weight excluding hydrogens is 596 g/mol. The first-order chi connectivity index (χ1) is 21.3. The molecule has 11 heteroatoms. The van der Waals surface area contributed by atoms with Crippen molar-refractivity contribution in [3.05, 3.63) is 71.3 Å². The number of carbonyl (C=O) groups is 3. The molecule has 10 nitrogen and oxygen atoms in total. The zero-order valence-corrected chi connectivity index (χ0v) is 26.9. The first-order valence-corrected chi connectivity index (χ1v) is 15.7. The molecule has 3 N–H and O–H groups in total. The fraction of sp³-hybridized carbons (Fsp3) is 0.500. The van der Waals surface area contributed by atoms with Crippen LogP contribution < -0.4 is 15.4 Å². The van der Waals surface area contributed by atoms with E-state index in [1.54, 1.807) is 42.3 Å². The normalized spacial score (nSPS) is 20.6. The van der Waals surface area contributed by atoms with Gasteiger partial charge < -0.3 is 30.1 Å². The molecule has 244 valence electrons. The van der Waals surface area contributed by atoms with Gasteiger partial charge in [0.25, 0.3) is 5.91 Å². The van der Waals surface area contributed by atoms with Crippen molar-refractivity contribution in [1.29, 1.82) is 0 Å². The van der Waals surface area contributed by atoms with Crippen LogP contribution in [-0.4, -0.2) is 90.2 Å². The number of amides is 3. The summed E-state index contributed by atoms with van der Waals surface area (Å²) in [5.74, 6) is 0.853. The van der Waals surface area contributed by atoms with E-state index >= 15 is 0 Å².